The molecule has 0 aromatic heterocycles. The number of hydrogen-bond donors (Lipinski definition) is 1. The Kier molecular flexibility index (Phi) is 5.55. The van der Waals surface area contributed by atoms with Gasteiger partial charge in [-0.25, -0.2) is 0 Å². The number of hydrogen-bond acceptors (Lipinski definition) is 4. The van der Waals surface area contributed by atoms with E-state index < -0.39 is 5.97 Å². The zero-order valence-corrected chi connectivity index (χ0v) is 14.1. The van der Waals surface area contributed by atoms with Gasteiger partial charge in [-0.3, -0.25) is 14.5 Å². The van der Waals surface area contributed by atoms with Crippen molar-refractivity contribution in [1.82, 2.24) is 4.90 Å². The summed E-state index contributed by atoms with van der Waals surface area (Å²) in [7, 11) is 0. The summed E-state index contributed by atoms with van der Waals surface area (Å²) >= 11 is 9.79. The van der Waals surface area contributed by atoms with Gasteiger partial charge >= 0.3 is 5.97 Å². The topological polar surface area (TPSA) is 57.6 Å². The molecule has 0 spiro atoms. The summed E-state index contributed by atoms with van der Waals surface area (Å²) in [5.41, 5.74) is 0.921. The summed E-state index contributed by atoms with van der Waals surface area (Å²) in [5, 5.41) is 8.63. The lowest BCUT2D eigenvalue weighted by Crippen LogP contribution is -2.29. The highest BCUT2D eigenvalue weighted by atomic mass is 79.9. The molecule has 1 aromatic carbocycles. The van der Waals surface area contributed by atoms with Crippen molar-refractivity contribution in [2.45, 2.75) is 12.8 Å². The molecule has 1 fully saturated rings. The molecule has 0 atom stereocenters. The molecule has 1 aliphatic rings. The number of rotatable bonds is 5. The molecule has 2 rings (SSSR count). The molecule has 7 heteroatoms. The van der Waals surface area contributed by atoms with Gasteiger partial charge in [0.1, 0.15) is 4.32 Å². The second-order valence-corrected chi connectivity index (χ2v) is 6.97. The van der Waals surface area contributed by atoms with Crippen molar-refractivity contribution in [2.75, 3.05) is 6.54 Å². The van der Waals surface area contributed by atoms with E-state index in [1.165, 1.54) is 16.7 Å². The quantitative estimate of drug-likeness (QED) is 0.620. The Labute approximate surface area is 140 Å². The number of amides is 1. The van der Waals surface area contributed by atoms with Crippen LogP contribution < -0.4 is 0 Å². The van der Waals surface area contributed by atoms with Crippen molar-refractivity contribution >= 4 is 62.2 Å². The molecule has 0 radical (unpaired) electrons. The van der Waals surface area contributed by atoms with Gasteiger partial charge in [0.05, 0.1) is 4.91 Å². The number of carboxylic acids is 1. The Morgan fingerprint density at radius 3 is 2.67 bits per heavy atom. The molecule has 21 heavy (non-hydrogen) atoms. The van der Waals surface area contributed by atoms with Crippen molar-refractivity contribution in [3.63, 3.8) is 0 Å². The normalized spacial score (nSPS) is 16.8. The first kappa shape index (κ1) is 16.2. The number of benzene rings is 1. The Morgan fingerprint density at radius 2 is 2.05 bits per heavy atom. The molecule has 110 valence electrons. The van der Waals surface area contributed by atoms with Gasteiger partial charge < -0.3 is 5.11 Å². The number of aliphatic carboxylic acids is 1. The number of thioether (sulfide) groups is 1. The van der Waals surface area contributed by atoms with Gasteiger partial charge in [-0.05, 0) is 30.2 Å². The van der Waals surface area contributed by atoms with Crippen LogP contribution in [0.25, 0.3) is 6.08 Å². The Bertz CT molecular complexity index is 613. The number of carboxylic acid groups (broad SMARTS) is 1. The standard InChI is InChI=1S/C14H12BrNO3S2/c15-10-5-3-9(4-6-10)8-11-13(19)16(14(20)21-11)7-1-2-12(17)18/h3-6,8H,1-2,7H2,(H,17,18). The third-order valence-corrected chi connectivity index (χ3v) is 4.72. The summed E-state index contributed by atoms with van der Waals surface area (Å²) in [4.78, 5) is 24.8. The molecule has 1 N–H and O–H groups in total. The minimum Gasteiger partial charge on any atom is -0.481 e. The molecule has 4 nitrogen and oxygen atoms in total. The van der Waals surface area contributed by atoms with E-state index >= 15 is 0 Å². The Hall–Kier alpha value is -1.18. The maximum atomic E-state index is 12.3. The van der Waals surface area contributed by atoms with Crippen LogP contribution in [0.4, 0.5) is 0 Å². The first-order chi connectivity index (χ1) is 9.97. The first-order valence-electron chi connectivity index (χ1n) is 6.20. The van der Waals surface area contributed by atoms with Crippen LogP contribution in [0.15, 0.2) is 33.6 Å². The Balaban J connectivity index is 2.06. The van der Waals surface area contributed by atoms with E-state index in [2.05, 4.69) is 15.9 Å². The second-order valence-electron chi connectivity index (χ2n) is 4.38. The smallest absolute Gasteiger partial charge is 0.303 e. The lowest BCUT2D eigenvalue weighted by atomic mass is 10.2. The van der Waals surface area contributed by atoms with Crippen LogP contribution in [-0.2, 0) is 9.59 Å². The predicted molar refractivity (Wildman–Crippen MR) is 90.9 cm³/mol. The van der Waals surface area contributed by atoms with E-state index in [9.17, 15) is 9.59 Å². The molecule has 1 aliphatic heterocycles. The van der Waals surface area contributed by atoms with Crippen molar-refractivity contribution < 1.29 is 14.7 Å². The fourth-order valence-electron chi connectivity index (χ4n) is 1.79. The molecular formula is C14H12BrNO3S2. The van der Waals surface area contributed by atoms with E-state index in [1.54, 1.807) is 6.08 Å². The fraction of sp³-hybridized carbons (Fsp3) is 0.214. The van der Waals surface area contributed by atoms with Gasteiger partial charge in [0.2, 0.25) is 0 Å². The molecule has 1 amide bonds. The Morgan fingerprint density at radius 1 is 1.38 bits per heavy atom. The molecule has 1 heterocycles. The summed E-state index contributed by atoms with van der Waals surface area (Å²) < 4.78 is 1.45. The predicted octanol–water partition coefficient (Wildman–Crippen LogP) is 3.52. The van der Waals surface area contributed by atoms with E-state index in [4.69, 9.17) is 17.3 Å². The average Bonchev–Trinajstić information content (AvgIpc) is 2.68. The average molecular weight is 386 g/mol. The van der Waals surface area contributed by atoms with Gasteiger partial charge in [-0.1, -0.05) is 52.0 Å². The molecule has 0 unspecified atom stereocenters. The highest BCUT2D eigenvalue weighted by Gasteiger charge is 2.31. The fourth-order valence-corrected chi connectivity index (χ4v) is 3.36. The van der Waals surface area contributed by atoms with Gasteiger partial charge in [0.15, 0.2) is 0 Å². The minimum atomic E-state index is -0.870. The van der Waals surface area contributed by atoms with Crippen LogP contribution >= 0.6 is 39.9 Å². The number of carbonyl (C=O) groups excluding carboxylic acids is 1. The van der Waals surface area contributed by atoms with Crippen LogP contribution in [0.5, 0.6) is 0 Å². The third-order valence-electron chi connectivity index (χ3n) is 2.81. The van der Waals surface area contributed by atoms with Gasteiger partial charge in [0, 0.05) is 17.4 Å². The van der Waals surface area contributed by atoms with E-state index in [0.717, 1.165) is 10.0 Å². The molecule has 0 aliphatic carbocycles. The van der Waals surface area contributed by atoms with Gasteiger partial charge in [-0.15, -0.1) is 0 Å². The van der Waals surface area contributed by atoms with Crippen molar-refractivity contribution in [2.24, 2.45) is 0 Å². The number of carbonyl (C=O) groups is 2. The monoisotopic (exact) mass is 385 g/mol. The molecule has 0 saturated carbocycles. The van der Waals surface area contributed by atoms with Gasteiger partial charge in [0.25, 0.3) is 5.91 Å². The second kappa shape index (κ2) is 7.20. The highest BCUT2D eigenvalue weighted by Crippen LogP contribution is 2.32. The minimum absolute atomic E-state index is 0.0306. The number of nitrogens with zero attached hydrogens (tertiary/aromatic N) is 1. The lowest BCUT2D eigenvalue weighted by molar-refractivity contribution is -0.137. The summed E-state index contributed by atoms with van der Waals surface area (Å²) in [6.45, 7) is 0.342. The molecule has 1 saturated heterocycles. The van der Waals surface area contributed by atoms with Crippen molar-refractivity contribution in [1.29, 1.82) is 0 Å². The first-order valence-corrected chi connectivity index (χ1v) is 8.22. The van der Waals surface area contributed by atoms with E-state index in [1.807, 2.05) is 24.3 Å². The van der Waals surface area contributed by atoms with Gasteiger partial charge in [-0.2, -0.15) is 0 Å². The summed E-state index contributed by atoms with van der Waals surface area (Å²) in [6.07, 6.45) is 2.22. The summed E-state index contributed by atoms with van der Waals surface area (Å²) in [5.74, 6) is -1.02. The van der Waals surface area contributed by atoms with Crippen molar-refractivity contribution in [3.8, 4) is 0 Å². The SMILES string of the molecule is O=C(O)CCCN1C(=O)C(=Cc2ccc(Br)cc2)SC1=S. The number of thiocarbonyl (C=S) groups is 1. The number of halogens is 1. The lowest BCUT2D eigenvalue weighted by Gasteiger charge is -2.13. The van der Waals surface area contributed by atoms with Crippen LogP contribution in [0, 0.1) is 0 Å². The summed E-state index contributed by atoms with van der Waals surface area (Å²) in [6, 6.07) is 7.61. The molecule has 1 aromatic rings. The maximum absolute atomic E-state index is 12.3. The zero-order chi connectivity index (χ0) is 15.4. The van der Waals surface area contributed by atoms with E-state index in [0.29, 0.717) is 22.2 Å². The van der Waals surface area contributed by atoms with E-state index in [-0.39, 0.29) is 12.3 Å². The van der Waals surface area contributed by atoms with Crippen LogP contribution in [0.2, 0.25) is 0 Å². The highest BCUT2D eigenvalue weighted by molar-refractivity contribution is 9.10. The molecule has 0 bridgehead atoms. The van der Waals surface area contributed by atoms with Crippen LogP contribution in [0.3, 0.4) is 0 Å². The largest absolute Gasteiger partial charge is 0.481 e. The van der Waals surface area contributed by atoms with Crippen LogP contribution in [-0.4, -0.2) is 32.7 Å². The maximum Gasteiger partial charge on any atom is 0.303 e. The molecular weight excluding hydrogens is 374 g/mol. The van der Waals surface area contributed by atoms with Crippen molar-refractivity contribution in [3.05, 3.63) is 39.2 Å². The van der Waals surface area contributed by atoms with Crippen LogP contribution in [0.1, 0.15) is 18.4 Å². The third kappa shape index (κ3) is 4.39. The zero-order valence-electron chi connectivity index (χ0n) is 10.9.